The van der Waals surface area contributed by atoms with Gasteiger partial charge in [0.05, 0.1) is 19.8 Å². The Morgan fingerprint density at radius 2 is 0.851 bits per heavy atom. The number of rotatable bonds is 42. The highest BCUT2D eigenvalue weighted by molar-refractivity contribution is 5.70. The Bertz CT molecular complexity index is 1220. The molecule has 0 amide bonds. The van der Waals surface area contributed by atoms with E-state index in [1.807, 2.05) is 0 Å². The summed E-state index contributed by atoms with van der Waals surface area (Å²) in [5.74, 6) is -0.917. The minimum atomic E-state index is -1.76. The normalized spacial score (nSPS) is 26.0. The van der Waals surface area contributed by atoms with Gasteiger partial charge in [0.1, 0.15) is 55.4 Å². The SMILES string of the molecule is CCCCCCCC/C=C/CCCCCCCCCCCCCC(=O)O[C@H](COC(=O)CCCCCCCCCCCC)CO[C@H]1O[C@@H](CO[C@H]2O[C@@H](CO)[C@@H](O)C(O)C2O)[C@@H](O)C(O)C1O. The van der Waals surface area contributed by atoms with E-state index in [-0.39, 0.29) is 26.1 Å². The minimum Gasteiger partial charge on any atom is -0.462 e. The van der Waals surface area contributed by atoms with Gasteiger partial charge < -0.3 is 64.2 Å². The van der Waals surface area contributed by atoms with E-state index in [1.165, 1.54) is 135 Å². The maximum atomic E-state index is 13.0. The van der Waals surface area contributed by atoms with Gasteiger partial charge in [-0.05, 0) is 38.5 Å². The van der Waals surface area contributed by atoms with E-state index >= 15 is 0 Å². The number of allylic oxidation sites excluding steroid dienone is 2. The number of hydrogen-bond acceptors (Lipinski definition) is 15. The lowest BCUT2D eigenvalue weighted by Crippen LogP contribution is -2.61. The van der Waals surface area contributed by atoms with Gasteiger partial charge in [0.25, 0.3) is 0 Å². The van der Waals surface area contributed by atoms with Crippen molar-refractivity contribution in [2.75, 3.05) is 26.4 Å². The lowest BCUT2D eigenvalue weighted by Gasteiger charge is -2.42. The fourth-order valence-electron chi connectivity index (χ4n) is 8.57. The third-order valence-corrected chi connectivity index (χ3v) is 13.0. The largest absolute Gasteiger partial charge is 0.462 e. The van der Waals surface area contributed by atoms with Crippen molar-refractivity contribution < 1.29 is 73.8 Å². The number of esters is 2. The van der Waals surface area contributed by atoms with Crippen LogP contribution in [0.5, 0.6) is 0 Å². The first-order valence-electron chi connectivity index (χ1n) is 26.8. The lowest BCUT2D eigenvalue weighted by atomic mass is 9.98. The van der Waals surface area contributed by atoms with Gasteiger partial charge in [-0.15, -0.1) is 0 Å². The number of carbonyl (C=O) groups excluding carboxylic acids is 2. The molecule has 0 saturated carbocycles. The predicted octanol–water partition coefficient (Wildman–Crippen LogP) is 7.77. The molecule has 0 radical (unpaired) electrons. The molecule has 0 aromatic carbocycles. The molecule has 0 aromatic rings. The molecule has 0 aliphatic carbocycles. The quantitative estimate of drug-likeness (QED) is 0.0176. The van der Waals surface area contributed by atoms with E-state index in [2.05, 4.69) is 26.0 Å². The summed E-state index contributed by atoms with van der Waals surface area (Å²) in [4.78, 5) is 25.7. The fraction of sp³-hybridized carbons (Fsp3) is 0.923. The average Bonchev–Trinajstić information content (AvgIpc) is 3.32. The van der Waals surface area contributed by atoms with Crippen LogP contribution in [0.3, 0.4) is 0 Å². The zero-order chi connectivity index (χ0) is 48.9. The second-order valence-corrected chi connectivity index (χ2v) is 19.1. The average molecular weight is 961 g/mol. The number of aliphatic hydroxyl groups excluding tert-OH is 7. The first kappa shape index (κ1) is 61.4. The predicted molar refractivity (Wildman–Crippen MR) is 257 cm³/mol. The summed E-state index contributed by atoms with van der Waals surface area (Å²) in [5, 5.41) is 72.0. The van der Waals surface area contributed by atoms with Crippen molar-refractivity contribution in [1.82, 2.24) is 0 Å². The molecule has 7 N–H and O–H groups in total. The van der Waals surface area contributed by atoms with Gasteiger partial charge in [-0.3, -0.25) is 9.59 Å². The van der Waals surface area contributed by atoms with Gasteiger partial charge >= 0.3 is 11.9 Å². The second kappa shape index (κ2) is 39.9. The molecule has 67 heavy (non-hydrogen) atoms. The first-order valence-corrected chi connectivity index (χ1v) is 26.8. The van der Waals surface area contributed by atoms with Crippen LogP contribution < -0.4 is 0 Å². The molecule has 4 unspecified atom stereocenters. The van der Waals surface area contributed by atoms with Gasteiger partial charge in [-0.1, -0.05) is 174 Å². The van der Waals surface area contributed by atoms with E-state index in [9.17, 15) is 45.3 Å². The molecule has 15 nitrogen and oxygen atoms in total. The Hall–Kier alpha value is -1.76. The Morgan fingerprint density at radius 3 is 1.31 bits per heavy atom. The van der Waals surface area contributed by atoms with Gasteiger partial charge in [-0.2, -0.15) is 0 Å². The molecular weight excluding hydrogens is 865 g/mol. The standard InChI is InChI=1S/C52H96O15/c1-3-5-7-9-11-13-15-16-17-18-19-20-21-22-23-24-25-27-29-31-33-35-44(55)65-40(37-62-43(54)34-32-30-28-26-14-12-10-8-6-4-2)38-63-51-50(61)48(59)46(57)42(67-51)39-64-52-49(60)47(58)45(56)41(36-53)66-52/h16-17,40-42,45-53,56-61H,3-15,18-39H2,1-2H3/b17-16+/t40-,41+,42+,45-,46-,47?,48?,49?,50?,51+,52+/m1/s1. The highest BCUT2D eigenvalue weighted by Crippen LogP contribution is 2.27. The zero-order valence-electron chi connectivity index (χ0n) is 41.7. The summed E-state index contributed by atoms with van der Waals surface area (Å²) in [6.45, 7) is 2.59. The smallest absolute Gasteiger partial charge is 0.306 e. The Labute approximate surface area is 403 Å². The van der Waals surface area contributed by atoms with Crippen LogP contribution in [0.15, 0.2) is 12.2 Å². The third kappa shape index (κ3) is 28.0. The van der Waals surface area contributed by atoms with Crippen LogP contribution in [0, 0.1) is 0 Å². The van der Waals surface area contributed by atoms with Crippen LogP contribution in [-0.4, -0.2) is 142 Å². The van der Waals surface area contributed by atoms with Crippen LogP contribution in [-0.2, 0) is 38.0 Å². The molecule has 11 atom stereocenters. The molecular formula is C52H96O15. The van der Waals surface area contributed by atoms with E-state index in [4.69, 9.17) is 28.4 Å². The lowest BCUT2D eigenvalue weighted by molar-refractivity contribution is -0.332. The molecule has 2 aliphatic rings. The Kier molecular flexibility index (Phi) is 36.5. The van der Waals surface area contributed by atoms with Gasteiger partial charge in [0.2, 0.25) is 0 Å². The molecule has 0 bridgehead atoms. The topological polar surface area (TPSA) is 231 Å². The highest BCUT2D eigenvalue weighted by atomic mass is 16.7. The number of unbranched alkanes of at least 4 members (excludes halogenated alkanes) is 26. The van der Waals surface area contributed by atoms with Crippen molar-refractivity contribution in [2.45, 2.75) is 280 Å². The molecule has 2 fully saturated rings. The molecule has 0 spiro atoms. The van der Waals surface area contributed by atoms with Crippen molar-refractivity contribution >= 4 is 11.9 Å². The van der Waals surface area contributed by atoms with Crippen molar-refractivity contribution in [3.05, 3.63) is 12.2 Å². The van der Waals surface area contributed by atoms with E-state index < -0.39 is 92.7 Å². The summed E-state index contributed by atoms with van der Waals surface area (Å²) in [6.07, 6.45) is 22.5. The molecule has 394 valence electrons. The summed E-state index contributed by atoms with van der Waals surface area (Å²) in [5.41, 5.74) is 0. The Balaban J connectivity index is 1.75. The number of carbonyl (C=O) groups is 2. The Morgan fingerprint density at radius 1 is 0.463 bits per heavy atom. The van der Waals surface area contributed by atoms with E-state index in [0.29, 0.717) is 12.8 Å². The van der Waals surface area contributed by atoms with Crippen molar-refractivity contribution in [3.63, 3.8) is 0 Å². The second-order valence-electron chi connectivity index (χ2n) is 19.1. The number of hydrogen-bond donors (Lipinski definition) is 7. The van der Waals surface area contributed by atoms with Crippen molar-refractivity contribution in [1.29, 1.82) is 0 Å². The highest BCUT2D eigenvalue weighted by Gasteiger charge is 2.47. The fourth-order valence-corrected chi connectivity index (χ4v) is 8.57. The summed E-state index contributed by atoms with van der Waals surface area (Å²) < 4.78 is 33.6. The molecule has 2 aliphatic heterocycles. The minimum absolute atomic E-state index is 0.169. The molecule has 2 heterocycles. The van der Waals surface area contributed by atoms with Gasteiger partial charge in [0, 0.05) is 12.8 Å². The molecule has 0 aromatic heterocycles. The summed E-state index contributed by atoms with van der Waals surface area (Å²) in [7, 11) is 0. The summed E-state index contributed by atoms with van der Waals surface area (Å²) >= 11 is 0. The molecule has 15 heteroatoms. The number of aliphatic hydroxyl groups is 7. The molecule has 2 rings (SSSR count). The van der Waals surface area contributed by atoms with Crippen molar-refractivity contribution in [3.8, 4) is 0 Å². The third-order valence-electron chi connectivity index (χ3n) is 13.0. The summed E-state index contributed by atoms with van der Waals surface area (Å²) in [6, 6.07) is 0. The van der Waals surface area contributed by atoms with Gasteiger partial charge in [-0.25, -0.2) is 0 Å². The monoisotopic (exact) mass is 961 g/mol. The zero-order valence-corrected chi connectivity index (χ0v) is 41.7. The number of ether oxygens (including phenoxy) is 6. The maximum Gasteiger partial charge on any atom is 0.306 e. The van der Waals surface area contributed by atoms with Crippen LogP contribution in [0.2, 0.25) is 0 Å². The van der Waals surface area contributed by atoms with E-state index in [0.717, 1.165) is 38.5 Å². The first-order chi connectivity index (χ1) is 32.5. The van der Waals surface area contributed by atoms with Crippen LogP contribution in [0.1, 0.15) is 213 Å². The van der Waals surface area contributed by atoms with Gasteiger partial charge in [0.15, 0.2) is 18.7 Å². The van der Waals surface area contributed by atoms with E-state index in [1.54, 1.807) is 0 Å². The maximum absolute atomic E-state index is 13.0. The molecule has 2 saturated heterocycles. The van der Waals surface area contributed by atoms with Crippen LogP contribution in [0.25, 0.3) is 0 Å². The van der Waals surface area contributed by atoms with Crippen LogP contribution in [0.4, 0.5) is 0 Å². The van der Waals surface area contributed by atoms with Crippen molar-refractivity contribution in [2.24, 2.45) is 0 Å². The van der Waals surface area contributed by atoms with Crippen LogP contribution >= 0.6 is 0 Å².